The fraction of sp³-hybridized carbons (Fsp3) is 0.375. The van der Waals surface area contributed by atoms with Crippen LogP contribution in [0.25, 0.3) is 5.57 Å². The number of aliphatic hydroxyl groups is 2. The summed E-state index contributed by atoms with van der Waals surface area (Å²) in [6, 6.07) is 9.31. The molecule has 0 fully saturated rings. The van der Waals surface area contributed by atoms with E-state index in [2.05, 4.69) is 0 Å². The van der Waals surface area contributed by atoms with Crippen molar-refractivity contribution in [2.24, 2.45) is 5.92 Å². The second-order valence-electron chi connectivity index (χ2n) is 8.67. The van der Waals surface area contributed by atoms with Crippen molar-refractivity contribution >= 4 is 11.4 Å². The zero-order valence-electron chi connectivity index (χ0n) is 17.5. The van der Waals surface area contributed by atoms with Gasteiger partial charge in [0.2, 0.25) is 6.29 Å². The van der Waals surface area contributed by atoms with E-state index >= 15 is 0 Å². The number of phenols is 1. The number of hydrogen-bond donors (Lipinski definition) is 3. The summed E-state index contributed by atoms with van der Waals surface area (Å²) >= 11 is 0. The van der Waals surface area contributed by atoms with Crippen molar-refractivity contribution < 1.29 is 29.6 Å². The Morgan fingerprint density at radius 1 is 1.13 bits per heavy atom. The molecule has 0 spiro atoms. The maximum atomic E-state index is 13.1. The lowest BCUT2D eigenvalue weighted by Crippen LogP contribution is -2.39. The van der Waals surface area contributed by atoms with Crippen molar-refractivity contribution in [1.29, 1.82) is 0 Å². The van der Waals surface area contributed by atoms with Crippen LogP contribution in [0.3, 0.4) is 0 Å². The van der Waals surface area contributed by atoms with E-state index < -0.39 is 18.0 Å². The highest BCUT2D eigenvalue weighted by Gasteiger charge is 2.43. The molecule has 4 rings (SSSR count). The number of aromatic hydroxyl groups is 1. The number of carbonyl (C=O) groups excluding carboxylic acids is 1. The second kappa shape index (κ2) is 7.15. The molecule has 0 saturated heterocycles. The van der Waals surface area contributed by atoms with Crippen LogP contribution in [0.15, 0.2) is 36.4 Å². The Kier molecular flexibility index (Phi) is 4.87. The van der Waals surface area contributed by atoms with E-state index in [4.69, 9.17) is 9.47 Å². The maximum absolute atomic E-state index is 13.1. The number of phenolic OH excluding ortho intramolecular Hbond substituents is 1. The number of fused-ring (bicyclic) bond motifs is 3. The fourth-order valence-electron chi connectivity index (χ4n) is 3.96. The van der Waals surface area contributed by atoms with Gasteiger partial charge in [0.1, 0.15) is 28.9 Å². The van der Waals surface area contributed by atoms with Crippen LogP contribution in [-0.4, -0.2) is 39.1 Å². The standard InChI is InChI=1S/C24H26O6/c1-12(2)20(26)19-21(27)18-14(13-8-6-5-7-9-13)11-17(25)30-22(18)15-10-16(24(3,4)28)29-23(15)19/h5-9,11-12,16-17,25,27-28H,10H2,1-4H3. The van der Waals surface area contributed by atoms with Gasteiger partial charge in [0.05, 0.1) is 11.2 Å². The van der Waals surface area contributed by atoms with Crippen LogP contribution in [0.1, 0.15) is 54.7 Å². The normalized spacial score (nSPS) is 20.2. The van der Waals surface area contributed by atoms with E-state index in [1.54, 1.807) is 27.7 Å². The molecule has 2 aromatic rings. The van der Waals surface area contributed by atoms with Gasteiger partial charge in [-0.2, -0.15) is 0 Å². The fourth-order valence-corrected chi connectivity index (χ4v) is 3.96. The summed E-state index contributed by atoms with van der Waals surface area (Å²) in [6.07, 6.45) is -0.0429. The number of ketones is 1. The van der Waals surface area contributed by atoms with Crippen LogP contribution in [0.2, 0.25) is 0 Å². The lowest BCUT2D eigenvalue weighted by Gasteiger charge is -2.27. The number of carbonyl (C=O) groups is 1. The molecule has 2 aromatic carbocycles. The average Bonchev–Trinajstić information content (AvgIpc) is 3.13. The molecular formula is C24H26O6. The Balaban J connectivity index is 2.01. The Hall–Kier alpha value is -2.83. The van der Waals surface area contributed by atoms with Gasteiger partial charge in [0.25, 0.3) is 0 Å². The van der Waals surface area contributed by atoms with E-state index in [0.717, 1.165) is 5.56 Å². The summed E-state index contributed by atoms with van der Waals surface area (Å²) in [6.45, 7) is 6.77. The Morgan fingerprint density at radius 3 is 2.40 bits per heavy atom. The van der Waals surface area contributed by atoms with Crippen molar-refractivity contribution in [3.05, 3.63) is 58.7 Å². The molecule has 2 unspecified atom stereocenters. The molecule has 2 aliphatic rings. The summed E-state index contributed by atoms with van der Waals surface area (Å²) in [7, 11) is 0. The minimum absolute atomic E-state index is 0.0901. The highest BCUT2D eigenvalue weighted by molar-refractivity contribution is 6.06. The van der Waals surface area contributed by atoms with Crippen molar-refractivity contribution in [2.75, 3.05) is 0 Å². The molecule has 0 saturated carbocycles. The van der Waals surface area contributed by atoms with Crippen LogP contribution < -0.4 is 9.47 Å². The molecule has 2 atom stereocenters. The first-order chi connectivity index (χ1) is 14.1. The number of aliphatic hydroxyl groups excluding tert-OH is 1. The third-order valence-corrected chi connectivity index (χ3v) is 5.59. The lowest BCUT2D eigenvalue weighted by atomic mass is 9.86. The zero-order valence-corrected chi connectivity index (χ0v) is 17.5. The van der Waals surface area contributed by atoms with Gasteiger partial charge in [-0.05, 0) is 31.1 Å². The van der Waals surface area contributed by atoms with Crippen molar-refractivity contribution in [3.8, 4) is 17.2 Å². The van der Waals surface area contributed by atoms with Crippen LogP contribution >= 0.6 is 0 Å². The highest BCUT2D eigenvalue weighted by Crippen LogP contribution is 2.53. The molecule has 158 valence electrons. The van der Waals surface area contributed by atoms with Gasteiger partial charge >= 0.3 is 0 Å². The predicted molar refractivity (Wildman–Crippen MR) is 112 cm³/mol. The first kappa shape index (κ1) is 20.4. The maximum Gasteiger partial charge on any atom is 0.218 e. The van der Waals surface area contributed by atoms with Crippen LogP contribution in [0.4, 0.5) is 0 Å². The van der Waals surface area contributed by atoms with Crippen molar-refractivity contribution in [3.63, 3.8) is 0 Å². The quantitative estimate of drug-likeness (QED) is 0.668. The van der Waals surface area contributed by atoms with Gasteiger partial charge in [-0.1, -0.05) is 44.2 Å². The highest BCUT2D eigenvalue weighted by atomic mass is 16.6. The molecule has 3 N–H and O–H groups in total. The van der Waals surface area contributed by atoms with Gasteiger partial charge in [-0.25, -0.2) is 0 Å². The number of benzene rings is 2. The third-order valence-electron chi connectivity index (χ3n) is 5.59. The molecule has 2 heterocycles. The van der Waals surface area contributed by atoms with Gasteiger partial charge in [0, 0.05) is 17.9 Å². The van der Waals surface area contributed by atoms with Crippen LogP contribution in [-0.2, 0) is 6.42 Å². The summed E-state index contributed by atoms with van der Waals surface area (Å²) in [5, 5.41) is 32.1. The van der Waals surface area contributed by atoms with E-state index in [0.29, 0.717) is 16.7 Å². The topological polar surface area (TPSA) is 96.2 Å². The Morgan fingerprint density at radius 2 is 1.80 bits per heavy atom. The summed E-state index contributed by atoms with van der Waals surface area (Å²) < 4.78 is 11.7. The molecule has 6 nitrogen and oxygen atoms in total. The van der Waals surface area contributed by atoms with Gasteiger partial charge in [0.15, 0.2) is 5.78 Å². The van der Waals surface area contributed by atoms with Gasteiger partial charge < -0.3 is 24.8 Å². The molecule has 2 aliphatic heterocycles. The first-order valence-corrected chi connectivity index (χ1v) is 10.1. The smallest absolute Gasteiger partial charge is 0.218 e. The lowest BCUT2D eigenvalue weighted by molar-refractivity contribution is -0.0233. The molecule has 0 amide bonds. The number of hydrogen-bond acceptors (Lipinski definition) is 6. The third kappa shape index (κ3) is 3.26. The Bertz CT molecular complexity index is 1030. The number of ether oxygens (including phenoxy) is 2. The zero-order chi connectivity index (χ0) is 21.8. The van der Waals surface area contributed by atoms with Crippen LogP contribution in [0.5, 0.6) is 17.2 Å². The minimum atomic E-state index is -1.22. The molecular weight excluding hydrogens is 384 g/mol. The molecule has 30 heavy (non-hydrogen) atoms. The SMILES string of the molecule is CC(C)C(=O)c1c(O)c2c(c3c1OC(C(C)(C)O)C3)OC(O)C=C2c1ccccc1. The van der Waals surface area contributed by atoms with Crippen molar-refractivity contribution in [1.82, 2.24) is 0 Å². The molecule has 6 heteroatoms. The minimum Gasteiger partial charge on any atom is -0.506 e. The first-order valence-electron chi connectivity index (χ1n) is 10.1. The molecule has 0 bridgehead atoms. The number of rotatable bonds is 4. The van der Waals surface area contributed by atoms with Crippen molar-refractivity contribution in [2.45, 2.75) is 52.1 Å². The average molecular weight is 410 g/mol. The summed E-state index contributed by atoms with van der Waals surface area (Å²) in [5.74, 6) is -0.369. The molecule has 0 aliphatic carbocycles. The predicted octanol–water partition coefficient (Wildman–Crippen LogP) is 3.45. The van der Waals surface area contributed by atoms with Gasteiger partial charge in [-0.15, -0.1) is 0 Å². The van der Waals surface area contributed by atoms with E-state index in [9.17, 15) is 20.1 Å². The van der Waals surface area contributed by atoms with E-state index in [-0.39, 0.29) is 40.9 Å². The summed E-state index contributed by atoms with van der Waals surface area (Å²) in [5.41, 5.74) is 1.19. The molecule has 0 radical (unpaired) electrons. The second-order valence-corrected chi connectivity index (χ2v) is 8.67. The van der Waals surface area contributed by atoms with E-state index in [1.165, 1.54) is 6.08 Å². The van der Waals surface area contributed by atoms with Crippen LogP contribution in [0, 0.1) is 5.92 Å². The van der Waals surface area contributed by atoms with E-state index in [1.807, 2.05) is 30.3 Å². The largest absolute Gasteiger partial charge is 0.506 e. The summed E-state index contributed by atoms with van der Waals surface area (Å²) in [4.78, 5) is 13.1. The monoisotopic (exact) mass is 410 g/mol. The Labute approximate surface area is 175 Å². The van der Waals surface area contributed by atoms with Gasteiger partial charge in [-0.3, -0.25) is 4.79 Å². The molecule has 0 aromatic heterocycles. The number of Topliss-reactive ketones (excluding diaryl/α,β-unsaturated/α-hetero) is 1.